The molecule has 0 aliphatic heterocycles. The highest BCUT2D eigenvalue weighted by Crippen LogP contribution is 2.30. The maximum Gasteiger partial charge on any atom is 0.323 e. The Hall–Kier alpha value is -1.07. The van der Waals surface area contributed by atoms with Crippen molar-refractivity contribution in [3.63, 3.8) is 0 Å². The lowest BCUT2D eigenvalue weighted by Gasteiger charge is -2.20. The molecule has 0 saturated heterocycles. The molecule has 0 radical (unpaired) electrons. The van der Waals surface area contributed by atoms with Crippen molar-refractivity contribution in [2.24, 2.45) is 5.41 Å². The van der Waals surface area contributed by atoms with E-state index in [4.69, 9.17) is 16.7 Å². The summed E-state index contributed by atoms with van der Waals surface area (Å²) in [6.45, 7) is 1.34. The Bertz CT molecular complexity index is 415. The highest BCUT2D eigenvalue weighted by atomic mass is 35.5. The minimum Gasteiger partial charge on any atom is -0.480 e. The zero-order valence-corrected chi connectivity index (χ0v) is 10.4. The summed E-state index contributed by atoms with van der Waals surface area (Å²) in [7, 11) is 1.17. The van der Waals surface area contributed by atoms with E-state index in [0.29, 0.717) is 4.34 Å². The van der Waals surface area contributed by atoms with Crippen LogP contribution in [0.15, 0.2) is 12.1 Å². The lowest BCUT2D eigenvalue weighted by atomic mass is 9.86. The van der Waals surface area contributed by atoms with Gasteiger partial charge in [0.1, 0.15) is 0 Å². The molecule has 4 nitrogen and oxygen atoms in total. The molecule has 0 amide bonds. The summed E-state index contributed by atoms with van der Waals surface area (Å²) in [5, 5.41) is 9.07. The van der Waals surface area contributed by atoms with E-state index in [1.807, 2.05) is 0 Å². The molecule has 1 aromatic heterocycles. The molecule has 1 aromatic rings. The Labute approximate surface area is 102 Å². The normalized spacial score (nSPS) is 14.2. The molecular weight excluding hydrogens is 252 g/mol. The first-order valence-electron chi connectivity index (χ1n) is 4.46. The molecule has 1 heterocycles. The number of ether oxygens (including phenoxy) is 1. The zero-order valence-electron chi connectivity index (χ0n) is 8.82. The highest BCUT2D eigenvalue weighted by Gasteiger charge is 2.43. The molecule has 1 atom stereocenters. The van der Waals surface area contributed by atoms with Gasteiger partial charge in [0.05, 0.1) is 11.4 Å². The van der Waals surface area contributed by atoms with E-state index in [1.54, 1.807) is 12.1 Å². The molecule has 0 aliphatic carbocycles. The van der Waals surface area contributed by atoms with Crippen LogP contribution in [0.3, 0.4) is 0 Å². The fourth-order valence-corrected chi connectivity index (χ4v) is 2.50. The Balaban J connectivity index is 2.96. The minimum absolute atomic E-state index is 0.0758. The van der Waals surface area contributed by atoms with Gasteiger partial charge in [-0.05, 0) is 19.1 Å². The fourth-order valence-electron chi connectivity index (χ4n) is 1.26. The molecule has 0 saturated carbocycles. The van der Waals surface area contributed by atoms with E-state index >= 15 is 0 Å². The van der Waals surface area contributed by atoms with Crippen molar-refractivity contribution < 1.29 is 19.4 Å². The number of carbonyl (C=O) groups excluding carboxylic acids is 1. The molecule has 16 heavy (non-hydrogen) atoms. The van der Waals surface area contributed by atoms with E-state index in [2.05, 4.69) is 4.74 Å². The molecule has 0 spiro atoms. The molecule has 6 heteroatoms. The summed E-state index contributed by atoms with van der Waals surface area (Å²) in [5.74, 6) is -1.96. The lowest BCUT2D eigenvalue weighted by molar-refractivity contribution is -0.165. The predicted molar refractivity (Wildman–Crippen MR) is 60.8 cm³/mol. The predicted octanol–water partition coefficient (Wildman–Crippen LogP) is 2.21. The van der Waals surface area contributed by atoms with Crippen molar-refractivity contribution in [1.82, 2.24) is 0 Å². The monoisotopic (exact) mass is 262 g/mol. The number of methoxy groups -OCH3 is 1. The van der Waals surface area contributed by atoms with E-state index in [0.717, 1.165) is 4.88 Å². The van der Waals surface area contributed by atoms with Crippen molar-refractivity contribution in [3.05, 3.63) is 21.3 Å². The molecule has 88 valence electrons. The first-order chi connectivity index (χ1) is 7.40. The third-order valence-corrected chi connectivity index (χ3v) is 3.50. The Morgan fingerprint density at radius 1 is 1.56 bits per heavy atom. The van der Waals surface area contributed by atoms with Crippen molar-refractivity contribution in [1.29, 1.82) is 0 Å². The number of hydrogen-bond donors (Lipinski definition) is 1. The van der Waals surface area contributed by atoms with Crippen LogP contribution in [0.1, 0.15) is 11.8 Å². The minimum atomic E-state index is -1.57. The van der Waals surface area contributed by atoms with Crippen LogP contribution in [0.4, 0.5) is 0 Å². The van der Waals surface area contributed by atoms with Gasteiger partial charge < -0.3 is 9.84 Å². The van der Waals surface area contributed by atoms with Crippen molar-refractivity contribution in [2.45, 2.75) is 13.3 Å². The van der Waals surface area contributed by atoms with Gasteiger partial charge in [-0.2, -0.15) is 0 Å². The largest absolute Gasteiger partial charge is 0.480 e. The van der Waals surface area contributed by atoms with Crippen LogP contribution in [0.5, 0.6) is 0 Å². The molecule has 0 fully saturated rings. The number of hydrogen-bond acceptors (Lipinski definition) is 4. The third kappa shape index (κ3) is 2.54. The molecule has 1 N–H and O–H groups in total. The summed E-state index contributed by atoms with van der Waals surface area (Å²) >= 11 is 6.99. The van der Waals surface area contributed by atoms with Gasteiger partial charge in [-0.3, -0.25) is 9.59 Å². The van der Waals surface area contributed by atoms with Gasteiger partial charge in [-0.1, -0.05) is 11.6 Å². The molecule has 0 bridgehead atoms. The standard InChI is InChI=1S/C10H11ClO4S/c1-10(8(12)13,9(14)15-2)5-6-3-4-7(11)16-6/h3-4H,5H2,1-2H3,(H,12,13). The Kier molecular flexibility index (Phi) is 3.93. The van der Waals surface area contributed by atoms with Gasteiger partial charge in [0, 0.05) is 11.3 Å². The van der Waals surface area contributed by atoms with E-state index in [9.17, 15) is 9.59 Å². The van der Waals surface area contributed by atoms with Crippen LogP contribution in [0, 0.1) is 5.41 Å². The first-order valence-corrected chi connectivity index (χ1v) is 5.65. The van der Waals surface area contributed by atoms with Gasteiger partial charge in [0.15, 0.2) is 5.41 Å². The van der Waals surface area contributed by atoms with Crippen LogP contribution < -0.4 is 0 Å². The fraction of sp³-hybridized carbons (Fsp3) is 0.400. The third-order valence-electron chi connectivity index (χ3n) is 2.26. The number of carbonyl (C=O) groups is 2. The summed E-state index contributed by atoms with van der Waals surface area (Å²) in [5.41, 5.74) is -1.57. The van der Waals surface area contributed by atoms with Crippen LogP contribution in [0.25, 0.3) is 0 Å². The number of esters is 1. The molecule has 0 aromatic carbocycles. The van der Waals surface area contributed by atoms with E-state index < -0.39 is 17.4 Å². The number of carboxylic acid groups (broad SMARTS) is 1. The second-order valence-electron chi connectivity index (χ2n) is 3.51. The Morgan fingerprint density at radius 2 is 2.19 bits per heavy atom. The molecule has 1 rings (SSSR count). The Morgan fingerprint density at radius 3 is 2.56 bits per heavy atom. The van der Waals surface area contributed by atoms with Gasteiger partial charge in [-0.15, -0.1) is 11.3 Å². The second-order valence-corrected chi connectivity index (χ2v) is 5.31. The average Bonchev–Trinajstić information content (AvgIpc) is 2.62. The van der Waals surface area contributed by atoms with Crippen molar-refractivity contribution >= 4 is 34.9 Å². The summed E-state index contributed by atoms with van der Waals surface area (Å²) < 4.78 is 5.07. The first kappa shape index (κ1) is 13.0. The number of rotatable bonds is 4. The molecular formula is C10H11ClO4S. The topological polar surface area (TPSA) is 63.6 Å². The smallest absolute Gasteiger partial charge is 0.323 e. The van der Waals surface area contributed by atoms with Crippen molar-refractivity contribution in [2.75, 3.05) is 7.11 Å². The van der Waals surface area contributed by atoms with Gasteiger partial charge >= 0.3 is 11.9 Å². The lowest BCUT2D eigenvalue weighted by Crippen LogP contribution is -2.39. The molecule has 1 unspecified atom stereocenters. The number of thiophene rings is 1. The number of halogens is 1. The van der Waals surface area contributed by atoms with Gasteiger partial charge in [-0.25, -0.2) is 0 Å². The van der Waals surface area contributed by atoms with E-state index in [-0.39, 0.29) is 6.42 Å². The zero-order chi connectivity index (χ0) is 12.3. The quantitative estimate of drug-likeness (QED) is 0.667. The maximum absolute atomic E-state index is 11.5. The average molecular weight is 263 g/mol. The van der Waals surface area contributed by atoms with Crippen molar-refractivity contribution in [3.8, 4) is 0 Å². The van der Waals surface area contributed by atoms with Crippen LogP contribution in [-0.2, 0) is 20.7 Å². The summed E-state index contributed by atoms with van der Waals surface area (Å²) in [4.78, 5) is 23.3. The maximum atomic E-state index is 11.5. The SMILES string of the molecule is COC(=O)C(C)(Cc1ccc(Cl)s1)C(=O)O. The summed E-state index contributed by atoms with van der Waals surface area (Å²) in [6, 6.07) is 3.37. The summed E-state index contributed by atoms with van der Waals surface area (Å²) in [6.07, 6.45) is 0.0758. The van der Waals surface area contributed by atoms with Gasteiger partial charge in [0.2, 0.25) is 0 Å². The highest BCUT2D eigenvalue weighted by molar-refractivity contribution is 7.16. The molecule has 0 aliphatic rings. The number of aliphatic carboxylic acids is 1. The van der Waals surface area contributed by atoms with E-state index in [1.165, 1.54) is 25.4 Å². The van der Waals surface area contributed by atoms with Crippen LogP contribution >= 0.6 is 22.9 Å². The van der Waals surface area contributed by atoms with Gasteiger partial charge in [0.25, 0.3) is 0 Å². The second kappa shape index (κ2) is 4.84. The van der Waals surface area contributed by atoms with Crippen LogP contribution in [0.2, 0.25) is 4.34 Å². The number of carboxylic acids is 1. The van der Waals surface area contributed by atoms with Crippen LogP contribution in [-0.4, -0.2) is 24.2 Å².